The van der Waals surface area contributed by atoms with E-state index in [2.05, 4.69) is 10.3 Å². The Bertz CT molecular complexity index is 1220. The Morgan fingerprint density at radius 3 is 2.56 bits per heavy atom. The Labute approximate surface area is 224 Å². The van der Waals surface area contributed by atoms with E-state index in [9.17, 15) is 27.6 Å². The molecule has 2 fully saturated rings. The third kappa shape index (κ3) is 6.10. The van der Waals surface area contributed by atoms with Crippen LogP contribution in [0, 0.1) is 11.8 Å². The van der Waals surface area contributed by atoms with Crippen LogP contribution in [0.3, 0.4) is 0 Å². The zero-order valence-corrected chi connectivity index (χ0v) is 21.8. The number of alkyl halides is 3. The number of rotatable bonds is 7. The summed E-state index contributed by atoms with van der Waals surface area (Å²) in [6.07, 6.45) is -0.418. The predicted octanol–water partition coefficient (Wildman–Crippen LogP) is 3.93. The quantitative estimate of drug-likeness (QED) is 0.508. The van der Waals surface area contributed by atoms with Gasteiger partial charge in [0.2, 0.25) is 5.91 Å². The number of methoxy groups -OCH3 is 1. The number of benzene rings is 1. The number of anilines is 2. The van der Waals surface area contributed by atoms with Gasteiger partial charge in [-0.25, -0.2) is 9.78 Å². The van der Waals surface area contributed by atoms with Gasteiger partial charge >= 0.3 is 12.2 Å². The molecule has 2 aliphatic rings. The molecule has 1 aromatic heterocycles. The molecule has 1 saturated heterocycles. The lowest BCUT2D eigenvalue weighted by atomic mass is 9.81. The molecule has 9 nitrogen and oxygen atoms in total. The first-order chi connectivity index (χ1) is 18.5. The number of nitrogen functional groups attached to an aromatic ring is 1. The lowest BCUT2D eigenvalue weighted by Crippen LogP contribution is -2.71. The highest BCUT2D eigenvalue weighted by Crippen LogP contribution is 2.37. The highest BCUT2D eigenvalue weighted by atomic mass is 19.4. The van der Waals surface area contributed by atoms with Gasteiger partial charge in [0.15, 0.2) is 0 Å². The minimum absolute atomic E-state index is 0.0585. The molecule has 3 atom stereocenters. The molecular weight excluding hydrogens is 515 g/mol. The van der Waals surface area contributed by atoms with Crippen molar-refractivity contribution >= 4 is 29.4 Å². The van der Waals surface area contributed by atoms with E-state index in [1.54, 1.807) is 36.4 Å². The van der Waals surface area contributed by atoms with E-state index in [-0.39, 0.29) is 12.2 Å². The molecule has 1 aliphatic carbocycles. The van der Waals surface area contributed by atoms with Crippen molar-refractivity contribution in [2.45, 2.75) is 56.8 Å². The second-order valence-electron chi connectivity index (χ2n) is 10.0. The molecule has 12 heteroatoms. The van der Waals surface area contributed by atoms with Crippen molar-refractivity contribution in [1.29, 1.82) is 0 Å². The molecule has 0 radical (unpaired) electrons. The first-order valence-electron chi connectivity index (χ1n) is 12.8. The number of carbonyl (C=O) groups excluding carboxylic acids is 3. The van der Waals surface area contributed by atoms with Crippen LogP contribution in [0.25, 0.3) is 0 Å². The minimum atomic E-state index is -4.70. The number of likely N-dealkylation sites (tertiary alicyclic amines) is 1. The molecule has 3 N–H and O–H groups in total. The smallest absolute Gasteiger partial charge is 0.408 e. The Morgan fingerprint density at radius 2 is 1.92 bits per heavy atom. The second-order valence-corrected chi connectivity index (χ2v) is 10.0. The summed E-state index contributed by atoms with van der Waals surface area (Å²) in [4.78, 5) is 45.9. The van der Waals surface area contributed by atoms with Crippen LogP contribution < -0.4 is 20.7 Å². The third-order valence-electron chi connectivity index (χ3n) is 7.51. The lowest BCUT2D eigenvalue weighted by molar-refractivity contribution is -0.170. The van der Waals surface area contributed by atoms with Crippen LogP contribution in [0.5, 0.6) is 5.75 Å². The topological polar surface area (TPSA) is 118 Å². The van der Waals surface area contributed by atoms with Gasteiger partial charge in [0.25, 0.3) is 5.91 Å². The number of halogens is 3. The number of pyridine rings is 1. The van der Waals surface area contributed by atoms with Crippen LogP contribution in [-0.4, -0.2) is 60.1 Å². The van der Waals surface area contributed by atoms with Crippen molar-refractivity contribution in [2.24, 2.45) is 11.8 Å². The zero-order chi connectivity index (χ0) is 28.3. The highest BCUT2D eigenvalue weighted by Gasteiger charge is 2.57. The fourth-order valence-corrected chi connectivity index (χ4v) is 5.41. The number of aromatic nitrogens is 1. The Balaban J connectivity index is 1.61. The van der Waals surface area contributed by atoms with Crippen LogP contribution in [0.15, 0.2) is 42.6 Å². The maximum Gasteiger partial charge on any atom is 0.408 e. The van der Waals surface area contributed by atoms with Crippen molar-refractivity contribution in [3.63, 3.8) is 0 Å². The molecule has 0 bridgehead atoms. The first kappa shape index (κ1) is 28.2. The summed E-state index contributed by atoms with van der Waals surface area (Å²) >= 11 is 0. The zero-order valence-electron chi connectivity index (χ0n) is 21.8. The minimum Gasteiger partial charge on any atom is -0.497 e. The van der Waals surface area contributed by atoms with Crippen molar-refractivity contribution in [1.82, 2.24) is 15.2 Å². The van der Waals surface area contributed by atoms with Gasteiger partial charge in [-0.2, -0.15) is 13.2 Å². The van der Waals surface area contributed by atoms with E-state index < -0.39 is 47.9 Å². The SMILES string of the molecule is COc1cccc(N(C)C(=O)[C@@H]2[C@@H](Cc3ccnc(N)c3)C(=O)N2C(=O)NC(C2CCCCC2)C(F)(F)F)c1. The number of nitrogens with one attached hydrogen (secondary N) is 1. The van der Waals surface area contributed by atoms with Crippen molar-refractivity contribution in [2.75, 3.05) is 24.8 Å². The Kier molecular flexibility index (Phi) is 8.31. The van der Waals surface area contributed by atoms with Gasteiger partial charge in [0.05, 0.1) is 13.0 Å². The molecule has 1 aromatic carbocycles. The van der Waals surface area contributed by atoms with E-state index in [1.165, 1.54) is 25.3 Å². The molecule has 0 spiro atoms. The molecule has 2 heterocycles. The summed E-state index contributed by atoms with van der Waals surface area (Å²) in [5.74, 6) is -2.42. The van der Waals surface area contributed by atoms with Crippen LogP contribution in [0.2, 0.25) is 0 Å². The maximum atomic E-state index is 14.0. The van der Waals surface area contributed by atoms with Crippen LogP contribution in [0.1, 0.15) is 37.7 Å². The first-order valence-corrected chi connectivity index (χ1v) is 12.8. The Hall–Kier alpha value is -3.83. The molecule has 2 aromatic rings. The van der Waals surface area contributed by atoms with Crippen LogP contribution in [-0.2, 0) is 16.0 Å². The van der Waals surface area contributed by atoms with Gasteiger partial charge in [-0.1, -0.05) is 25.3 Å². The molecule has 210 valence electrons. The number of hydrogen-bond donors (Lipinski definition) is 2. The molecule has 1 unspecified atom stereocenters. The number of amides is 4. The van der Waals surface area contributed by atoms with Crippen LogP contribution >= 0.6 is 0 Å². The summed E-state index contributed by atoms with van der Waals surface area (Å²) in [5, 5.41) is 2.05. The van der Waals surface area contributed by atoms with E-state index in [0.29, 0.717) is 47.6 Å². The monoisotopic (exact) mass is 547 g/mol. The number of imide groups is 1. The number of nitrogens with zero attached hydrogens (tertiary/aromatic N) is 3. The summed E-state index contributed by atoms with van der Waals surface area (Å²) in [6.45, 7) is 0. The van der Waals surface area contributed by atoms with Gasteiger partial charge in [-0.05, 0) is 55.0 Å². The molecule has 39 heavy (non-hydrogen) atoms. The fraction of sp³-hybridized carbons (Fsp3) is 0.481. The summed E-state index contributed by atoms with van der Waals surface area (Å²) in [6, 6.07) is 5.13. The number of ether oxygens (including phenoxy) is 1. The largest absolute Gasteiger partial charge is 0.497 e. The number of likely N-dealkylation sites (N-methyl/N-ethyl adjacent to an activating group) is 1. The number of carbonyl (C=O) groups is 3. The van der Waals surface area contributed by atoms with Gasteiger partial charge in [0, 0.05) is 25.0 Å². The number of urea groups is 1. The van der Waals surface area contributed by atoms with E-state index in [1.807, 2.05) is 0 Å². The van der Waals surface area contributed by atoms with Crippen molar-refractivity contribution in [3.05, 3.63) is 48.2 Å². The van der Waals surface area contributed by atoms with Gasteiger partial charge < -0.3 is 20.7 Å². The summed E-state index contributed by atoms with van der Waals surface area (Å²) in [5.41, 5.74) is 6.79. The Morgan fingerprint density at radius 1 is 1.21 bits per heavy atom. The van der Waals surface area contributed by atoms with Gasteiger partial charge in [-0.15, -0.1) is 0 Å². The molecular formula is C27H32F3N5O4. The molecule has 4 amide bonds. The molecule has 1 saturated carbocycles. The van der Waals surface area contributed by atoms with Gasteiger partial charge in [0.1, 0.15) is 23.7 Å². The molecule has 1 aliphatic heterocycles. The predicted molar refractivity (Wildman–Crippen MR) is 138 cm³/mol. The van der Waals surface area contributed by atoms with Crippen molar-refractivity contribution < 1.29 is 32.3 Å². The highest BCUT2D eigenvalue weighted by molar-refractivity contribution is 6.12. The summed E-state index contributed by atoms with van der Waals surface area (Å²) in [7, 11) is 2.94. The standard InChI is InChI=1S/C27H32F3N5O4/c1-34(18-9-6-10-19(15-18)39-2)25(37)22-20(13-16-11-12-32-21(31)14-16)24(36)35(22)26(38)33-23(27(28,29)30)17-7-4-3-5-8-17/h6,9-12,14-15,17,20,22-23H,3-5,7-8,13H2,1-2H3,(H2,31,32)(H,33,38)/t20-,22+,23?/m1/s1. The van der Waals surface area contributed by atoms with E-state index in [4.69, 9.17) is 10.5 Å². The third-order valence-corrected chi connectivity index (χ3v) is 7.51. The normalized spacial score (nSPS) is 20.6. The van der Waals surface area contributed by atoms with Gasteiger partial charge in [-0.3, -0.25) is 14.5 Å². The average Bonchev–Trinajstić information content (AvgIpc) is 2.92. The molecule has 4 rings (SSSR count). The van der Waals surface area contributed by atoms with E-state index >= 15 is 0 Å². The lowest BCUT2D eigenvalue weighted by Gasteiger charge is -2.46. The number of β-lactam (4-membered cyclic amide) rings is 1. The van der Waals surface area contributed by atoms with Crippen LogP contribution in [0.4, 0.5) is 29.5 Å². The van der Waals surface area contributed by atoms with E-state index in [0.717, 1.165) is 6.42 Å². The summed E-state index contributed by atoms with van der Waals surface area (Å²) < 4.78 is 47.2. The fourth-order valence-electron chi connectivity index (χ4n) is 5.41. The van der Waals surface area contributed by atoms with Crippen molar-refractivity contribution in [3.8, 4) is 5.75 Å². The second kappa shape index (κ2) is 11.5. The number of hydrogen-bond acceptors (Lipinski definition) is 6. The maximum absolute atomic E-state index is 14.0. The number of nitrogens with two attached hydrogens (primary N) is 1. The average molecular weight is 548 g/mol.